The van der Waals surface area contributed by atoms with Gasteiger partial charge in [-0.2, -0.15) is 0 Å². The number of sulfonamides is 1. The summed E-state index contributed by atoms with van der Waals surface area (Å²) in [6, 6.07) is 1.03. The lowest BCUT2D eigenvalue weighted by Crippen LogP contribution is -2.17. The molecule has 2 N–H and O–H groups in total. The Kier molecular flexibility index (Phi) is 5.48. The van der Waals surface area contributed by atoms with E-state index in [9.17, 15) is 18.0 Å². The van der Waals surface area contributed by atoms with Gasteiger partial charge in [0.2, 0.25) is 10.0 Å². The molecule has 1 aromatic rings. The maximum Gasteiger partial charge on any atom is 0.349 e. The van der Waals surface area contributed by atoms with E-state index < -0.39 is 33.0 Å². The number of hydrogen-bond donors (Lipinski definition) is 1. The molecule has 7 nitrogen and oxygen atoms in total. The summed E-state index contributed by atoms with van der Waals surface area (Å²) in [5, 5.41) is 5.06. The molecular formula is C12H17NO6S2. The second-order valence-electron chi connectivity index (χ2n) is 4.76. The summed E-state index contributed by atoms with van der Waals surface area (Å²) in [5.41, 5.74) is 0. The highest BCUT2D eigenvalue weighted by Gasteiger charge is 2.28. The van der Waals surface area contributed by atoms with Crippen LogP contribution in [-0.4, -0.2) is 32.6 Å². The van der Waals surface area contributed by atoms with Crippen molar-refractivity contribution in [2.24, 2.45) is 5.14 Å². The summed E-state index contributed by atoms with van der Waals surface area (Å²) < 4.78 is 33.0. The highest BCUT2D eigenvalue weighted by atomic mass is 32.2. The van der Waals surface area contributed by atoms with Crippen LogP contribution in [0.1, 0.15) is 47.0 Å². The predicted octanol–water partition coefficient (Wildman–Crippen LogP) is 1.53. The largest absolute Gasteiger partial charge is 0.459 e. The van der Waals surface area contributed by atoms with E-state index in [1.54, 1.807) is 27.7 Å². The van der Waals surface area contributed by atoms with E-state index in [0.717, 1.165) is 6.07 Å². The Morgan fingerprint density at radius 1 is 1.10 bits per heavy atom. The van der Waals surface area contributed by atoms with E-state index in [4.69, 9.17) is 14.6 Å². The van der Waals surface area contributed by atoms with Crippen molar-refractivity contribution in [2.45, 2.75) is 44.8 Å². The Morgan fingerprint density at radius 2 is 1.57 bits per heavy atom. The zero-order chi connectivity index (χ0) is 16.4. The molecule has 0 aliphatic heterocycles. The fourth-order valence-corrected chi connectivity index (χ4v) is 3.36. The van der Waals surface area contributed by atoms with Gasteiger partial charge in [0.1, 0.15) is 14.6 Å². The molecule has 0 aromatic carbocycles. The lowest BCUT2D eigenvalue weighted by molar-refractivity contribution is 0.0372. The normalized spacial score (nSPS) is 11.8. The molecule has 0 amide bonds. The number of carbonyl (C=O) groups excluding carboxylic acids is 2. The molecule has 0 atom stereocenters. The summed E-state index contributed by atoms with van der Waals surface area (Å²) in [5.74, 6) is -1.56. The number of nitrogens with two attached hydrogens (primary N) is 1. The molecule has 0 saturated heterocycles. The average Bonchev–Trinajstić information content (AvgIpc) is 2.71. The molecule has 0 fully saturated rings. The van der Waals surface area contributed by atoms with Crippen LogP contribution in [0.3, 0.4) is 0 Å². The summed E-state index contributed by atoms with van der Waals surface area (Å²) in [6.07, 6.45) is -0.803. The van der Waals surface area contributed by atoms with Crippen LogP contribution in [0, 0.1) is 0 Å². The van der Waals surface area contributed by atoms with Gasteiger partial charge in [-0.05, 0) is 33.8 Å². The van der Waals surface area contributed by atoms with Crippen molar-refractivity contribution in [3.63, 3.8) is 0 Å². The molecule has 0 radical (unpaired) electrons. The molecule has 0 aliphatic rings. The monoisotopic (exact) mass is 335 g/mol. The number of ether oxygens (including phenoxy) is 2. The minimum Gasteiger partial charge on any atom is -0.459 e. The standard InChI is InChI=1S/C12H17NO6S2/c1-6(2)18-11(14)8-5-9(21(13,16)17)10(20-8)12(15)19-7(3)4/h5-7H,1-4H3,(H2,13,16,17). The highest BCUT2D eigenvalue weighted by molar-refractivity contribution is 7.89. The molecule has 118 valence electrons. The molecule has 0 aliphatic carbocycles. The van der Waals surface area contributed by atoms with Gasteiger partial charge in [-0.1, -0.05) is 0 Å². The maximum atomic E-state index is 11.9. The lowest BCUT2D eigenvalue weighted by Gasteiger charge is -2.07. The highest BCUT2D eigenvalue weighted by Crippen LogP contribution is 2.28. The number of primary sulfonamides is 1. The molecule has 0 bridgehead atoms. The number of esters is 2. The van der Waals surface area contributed by atoms with Gasteiger partial charge in [0, 0.05) is 0 Å². The van der Waals surface area contributed by atoms with E-state index in [1.165, 1.54) is 0 Å². The van der Waals surface area contributed by atoms with E-state index in [1.807, 2.05) is 0 Å². The van der Waals surface area contributed by atoms with Crippen LogP contribution in [0.25, 0.3) is 0 Å². The molecule has 0 saturated carbocycles. The van der Waals surface area contributed by atoms with E-state index >= 15 is 0 Å². The predicted molar refractivity (Wildman–Crippen MR) is 76.8 cm³/mol. The van der Waals surface area contributed by atoms with Gasteiger partial charge >= 0.3 is 11.9 Å². The Hall–Kier alpha value is -1.45. The number of carbonyl (C=O) groups is 2. The third-order valence-corrected chi connectivity index (χ3v) is 4.24. The number of hydrogen-bond acceptors (Lipinski definition) is 7. The maximum absolute atomic E-state index is 11.9. The van der Waals surface area contributed by atoms with Crippen LogP contribution in [0.15, 0.2) is 11.0 Å². The van der Waals surface area contributed by atoms with Crippen molar-refractivity contribution in [3.8, 4) is 0 Å². The van der Waals surface area contributed by atoms with Gasteiger partial charge in [-0.15, -0.1) is 11.3 Å². The summed E-state index contributed by atoms with van der Waals surface area (Å²) in [6.45, 7) is 6.55. The van der Waals surface area contributed by atoms with Gasteiger partial charge in [-0.3, -0.25) is 0 Å². The molecule has 21 heavy (non-hydrogen) atoms. The summed E-state index contributed by atoms with van der Waals surface area (Å²) in [4.78, 5) is 23.0. The van der Waals surface area contributed by atoms with E-state index in [0.29, 0.717) is 11.3 Å². The first-order valence-electron chi connectivity index (χ1n) is 6.11. The average molecular weight is 335 g/mol. The SMILES string of the molecule is CC(C)OC(=O)c1cc(S(N)(=O)=O)c(C(=O)OC(C)C)s1. The van der Waals surface area contributed by atoms with Gasteiger partial charge in [0.25, 0.3) is 0 Å². The van der Waals surface area contributed by atoms with Crippen LogP contribution in [0.5, 0.6) is 0 Å². The first kappa shape index (κ1) is 17.6. The third kappa shape index (κ3) is 4.80. The van der Waals surface area contributed by atoms with Gasteiger partial charge in [0.05, 0.1) is 12.2 Å². The fourth-order valence-electron chi connectivity index (χ4n) is 1.37. The zero-order valence-corrected chi connectivity index (χ0v) is 13.7. The molecule has 0 unspecified atom stereocenters. The molecule has 9 heteroatoms. The Balaban J connectivity index is 3.26. The molecule has 1 aromatic heterocycles. The third-order valence-electron chi connectivity index (χ3n) is 2.08. The van der Waals surface area contributed by atoms with Crippen molar-refractivity contribution in [1.82, 2.24) is 0 Å². The van der Waals surface area contributed by atoms with Crippen molar-refractivity contribution >= 4 is 33.3 Å². The van der Waals surface area contributed by atoms with Crippen molar-refractivity contribution in [3.05, 3.63) is 15.8 Å². The van der Waals surface area contributed by atoms with E-state index in [-0.39, 0.29) is 15.9 Å². The quantitative estimate of drug-likeness (QED) is 0.816. The number of rotatable bonds is 5. The summed E-state index contributed by atoms with van der Waals surface area (Å²) in [7, 11) is -4.15. The first-order chi connectivity index (χ1) is 9.52. The van der Waals surface area contributed by atoms with Crippen LogP contribution in [-0.2, 0) is 19.5 Å². The van der Waals surface area contributed by atoms with Gasteiger partial charge in [-0.25, -0.2) is 23.1 Å². The van der Waals surface area contributed by atoms with Crippen LogP contribution in [0.2, 0.25) is 0 Å². The Labute approximate surface area is 127 Å². The fraction of sp³-hybridized carbons (Fsp3) is 0.500. The molecular weight excluding hydrogens is 318 g/mol. The molecule has 0 spiro atoms. The van der Waals surface area contributed by atoms with Crippen molar-refractivity contribution < 1.29 is 27.5 Å². The molecule has 1 heterocycles. The number of thiophene rings is 1. The van der Waals surface area contributed by atoms with Gasteiger partial charge < -0.3 is 9.47 Å². The topological polar surface area (TPSA) is 113 Å². The first-order valence-corrected chi connectivity index (χ1v) is 8.47. The Bertz CT molecular complexity index is 645. The minimum atomic E-state index is -4.15. The van der Waals surface area contributed by atoms with E-state index in [2.05, 4.69) is 0 Å². The second kappa shape index (κ2) is 6.54. The smallest absolute Gasteiger partial charge is 0.349 e. The molecule has 1 rings (SSSR count). The minimum absolute atomic E-state index is 0.0246. The second-order valence-corrected chi connectivity index (χ2v) is 7.34. The van der Waals surface area contributed by atoms with Crippen LogP contribution >= 0.6 is 11.3 Å². The van der Waals surface area contributed by atoms with Crippen LogP contribution in [0.4, 0.5) is 0 Å². The van der Waals surface area contributed by atoms with Crippen molar-refractivity contribution in [1.29, 1.82) is 0 Å². The lowest BCUT2D eigenvalue weighted by atomic mass is 10.4. The summed E-state index contributed by atoms with van der Waals surface area (Å²) >= 11 is 0.678. The Morgan fingerprint density at radius 3 is 2.00 bits per heavy atom. The van der Waals surface area contributed by atoms with Gasteiger partial charge in [0.15, 0.2) is 0 Å². The zero-order valence-electron chi connectivity index (χ0n) is 12.1. The van der Waals surface area contributed by atoms with Crippen molar-refractivity contribution in [2.75, 3.05) is 0 Å². The van der Waals surface area contributed by atoms with Crippen LogP contribution < -0.4 is 5.14 Å².